The van der Waals surface area contributed by atoms with Crippen LogP contribution in [0.2, 0.25) is 0 Å². The third-order valence-corrected chi connectivity index (χ3v) is 6.14. The van der Waals surface area contributed by atoms with E-state index < -0.39 is 10.0 Å². The first kappa shape index (κ1) is 17.9. The first-order valence-electron chi connectivity index (χ1n) is 7.96. The van der Waals surface area contributed by atoms with Crippen LogP contribution in [0.4, 0.5) is 0 Å². The number of nitrogens with one attached hydrogen (secondary N) is 1. The number of sulfonamides is 1. The van der Waals surface area contributed by atoms with E-state index in [0.29, 0.717) is 25.6 Å². The lowest BCUT2D eigenvalue weighted by atomic mass is 9.77. The number of rotatable bonds is 6. The normalized spacial score (nSPS) is 22.7. The van der Waals surface area contributed by atoms with Gasteiger partial charge in [0.15, 0.2) is 0 Å². The molecule has 1 atom stereocenters. The van der Waals surface area contributed by atoms with Gasteiger partial charge in [-0.25, -0.2) is 12.7 Å². The van der Waals surface area contributed by atoms with Gasteiger partial charge in [0.05, 0.1) is 5.75 Å². The monoisotopic (exact) mass is 304 g/mol. The zero-order valence-electron chi connectivity index (χ0n) is 13.6. The van der Waals surface area contributed by atoms with Crippen molar-refractivity contribution < 1.29 is 8.42 Å². The lowest BCUT2D eigenvalue weighted by Crippen LogP contribution is -2.37. The predicted molar refractivity (Wildman–Crippen MR) is 85.3 cm³/mol. The molecule has 0 aromatic rings. The molecule has 1 rings (SSSR count). The fourth-order valence-corrected chi connectivity index (χ4v) is 4.30. The lowest BCUT2D eigenvalue weighted by Gasteiger charge is -2.29. The fourth-order valence-electron chi connectivity index (χ4n) is 2.85. The molecular formula is C15H32N2O2S. The number of nitrogens with zero attached hydrogens (tertiary/aromatic N) is 1. The molecular weight excluding hydrogens is 272 g/mol. The third-order valence-electron chi connectivity index (χ3n) is 4.27. The minimum absolute atomic E-state index is 0.229. The fraction of sp³-hybridized carbons (Fsp3) is 1.00. The summed E-state index contributed by atoms with van der Waals surface area (Å²) in [5, 5.41) is 3.17. The topological polar surface area (TPSA) is 49.4 Å². The average Bonchev–Trinajstić information content (AvgIpc) is 2.60. The van der Waals surface area contributed by atoms with Crippen molar-refractivity contribution in [2.45, 2.75) is 53.4 Å². The van der Waals surface area contributed by atoms with E-state index in [0.717, 1.165) is 32.2 Å². The number of hydrogen-bond donors (Lipinski definition) is 1. The van der Waals surface area contributed by atoms with Crippen molar-refractivity contribution >= 4 is 10.0 Å². The molecule has 4 nitrogen and oxygen atoms in total. The summed E-state index contributed by atoms with van der Waals surface area (Å²) in [6, 6.07) is 0. The number of hydrogen-bond acceptors (Lipinski definition) is 3. The van der Waals surface area contributed by atoms with Gasteiger partial charge < -0.3 is 5.32 Å². The molecule has 0 radical (unpaired) electrons. The van der Waals surface area contributed by atoms with Crippen molar-refractivity contribution in [1.82, 2.24) is 9.62 Å². The second-order valence-electron chi connectivity index (χ2n) is 6.96. The van der Waals surface area contributed by atoms with E-state index in [2.05, 4.69) is 33.0 Å². The molecule has 1 aliphatic rings. The Kier molecular flexibility index (Phi) is 6.95. The van der Waals surface area contributed by atoms with Crippen LogP contribution in [-0.2, 0) is 10.0 Å². The maximum Gasteiger partial charge on any atom is 0.215 e. The van der Waals surface area contributed by atoms with Crippen LogP contribution in [0, 0.1) is 11.3 Å². The molecule has 0 spiro atoms. The van der Waals surface area contributed by atoms with Crippen LogP contribution >= 0.6 is 0 Å². The molecule has 1 fully saturated rings. The van der Waals surface area contributed by atoms with Crippen LogP contribution in [0.3, 0.4) is 0 Å². The van der Waals surface area contributed by atoms with Crippen molar-refractivity contribution in [3.05, 3.63) is 0 Å². The van der Waals surface area contributed by atoms with Crippen LogP contribution in [-0.4, -0.2) is 44.7 Å². The third kappa shape index (κ3) is 5.70. The zero-order chi connectivity index (χ0) is 15.2. The minimum atomic E-state index is -3.09. The van der Waals surface area contributed by atoms with Gasteiger partial charge in [0.1, 0.15) is 0 Å². The summed E-state index contributed by atoms with van der Waals surface area (Å²) >= 11 is 0. The first-order chi connectivity index (χ1) is 9.27. The van der Waals surface area contributed by atoms with Gasteiger partial charge in [-0.05, 0) is 43.6 Å². The summed E-state index contributed by atoms with van der Waals surface area (Å²) in [6.07, 6.45) is 4.16. The van der Waals surface area contributed by atoms with Crippen LogP contribution in [0.15, 0.2) is 0 Å². The van der Waals surface area contributed by atoms with Crippen LogP contribution < -0.4 is 5.32 Å². The molecule has 5 heteroatoms. The molecule has 0 aliphatic carbocycles. The Morgan fingerprint density at radius 3 is 2.45 bits per heavy atom. The molecule has 120 valence electrons. The van der Waals surface area contributed by atoms with Crippen LogP contribution in [0.1, 0.15) is 53.4 Å². The maximum atomic E-state index is 12.3. The van der Waals surface area contributed by atoms with Crippen molar-refractivity contribution in [2.75, 3.05) is 31.9 Å². The van der Waals surface area contributed by atoms with Gasteiger partial charge in [-0.2, -0.15) is 0 Å². The largest absolute Gasteiger partial charge is 0.316 e. The molecule has 0 aromatic heterocycles. The summed E-state index contributed by atoms with van der Waals surface area (Å²) < 4.78 is 26.4. The molecule has 0 saturated carbocycles. The van der Waals surface area contributed by atoms with Crippen molar-refractivity contribution in [3.8, 4) is 0 Å². The van der Waals surface area contributed by atoms with E-state index in [9.17, 15) is 8.42 Å². The molecule has 1 N–H and O–H groups in total. The summed E-state index contributed by atoms with van der Waals surface area (Å²) in [7, 11) is -3.09. The highest BCUT2D eigenvalue weighted by molar-refractivity contribution is 7.89. The van der Waals surface area contributed by atoms with E-state index in [4.69, 9.17) is 0 Å². The molecule has 0 bridgehead atoms. The van der Waals surface area contributed by atoms with E-state index >= 15 is 0 Å². The summed E-state index contributed by atoms with van der Waals surface area (Å²) in [6.45, 7) is 11.7. The Bertz CT molecular complexity index is 374. The molecule has 0 amide bonds. The Hall–Kier alpha value is -0.130. The van der Waals surface area contributed by atoms with Gasteiger partial charge in [-0.3, -0.25) is 0 Å². The average molecular weight is 305 g/mol. The van der Waals surface area contributed by atoms with Gasteiger partial charge >= 0.3 is 0 Å². The highest BCUT2D eigenvalue weighted by Crippen LogP contribution is 2.34. The molecule has 1 heterocycles. The van der Waals surface area contributed by atoms with E-state index in [1.54, 1.807) is 4.31 Å². The van der Waals surface area contributed by atoms with E-state index in [1.807, 2.05) is 0 Å². The van der Waals surface area contributed by atoms with Gasteiger partial charge in [-0.1, -0.05) is 27.7 Å². The summed E-state index contributed by atoms with van der Waals surface area (Å²) in [5.74, 6) is 0.855. The SMILES string of the molecule is CCCNCCS(=O)(=O)N1CCCC(C(C)(C)C)CC1. The van der Waals surface area contributed by atoms with Crippen LogP contribution in [0.25, 0.3) is 0 Å². The smallest absolute Gasteiger partial charge is 0.215 e. The Morgan fingerprint density at radius 1 is 1.15 bits per heavy atom. The van der Waals surface area contributed by atoms with Crippen molar-refractivity contribution in [1.29, 1.82) is 0 Å². The lowest BCUT2D eigenvalue weighted by molar-refractivity contribution is 0.217. The molecule has 0 aromatic carbocycles. The van der Waals surface area contributed by atoms with Gasteiger partial charge in [-0.15, -0.1) is 0 Å². The summed E-state index contributed by atoms with van der Waals surface area (Å²) in [5.41, 5.74) is 0.280. The van der Waals surface area contributed by atoms with Crippen LogP contribution in [0.5, 0.6) is 0 Å². The molecule has 1 aliphatic heterocycles. The quantitative estimate of drug-likeness (QED) is 0.767. The summed E-state index contributed by atoms with van der Waals surface area (Å²) in [4.78, 5) is 0. The van der Waals surface area contributed by atoms with E-state index in [-0.39, 0.29) is 11.2 Å². The van der Waals surface area contributed by atoms with Gasteiger partial charge in [0.2, 0.25) is 10.0 Å². The molecule has 1 unspecified atom stereocenters. The van der Waals surface area contributed by atoms with Crippen molar-refractivity contribution in [3.63, 3.8) is 0 Å². The maximum absolute atomic E-state index is 12.3. The zero-order valence-corrected chi connectivity index (χ0v) is 14.4. The van der Waals surface area contributed by atoms with Crippen molar-refractivity contribution in [2.24, 2.45) is 11.3 Å². The molecule has 20 heavy (non-hydrogen) atoms. The second kappa shape index (κ2) is 7.76. The second-order valence-corrected chi connectivity index (χ2v) is 9.05. The Balaban J connectivity index is 2.51. The predicted octanol–water partition coefficient (Wildman–Crippen LogP) is 2.46. The standard InChI is InChI=1S/C15H32N2O2S/c1-5-9-16-10-13-20(18,19)17-11-6-7-14(8-12-17)15(2,3)4/h14,16H,5-13H2,1-4H3. The molecule has 1 saturated heterocycles. The Morgan fingerprint density at radius 2 is 1.85 bits per heavy atom. The first-order valence-corrected chi connectivity index (χ1v) is 9.57. The van der Waals surface area contributed by atoms with E-state index in [1.165, 1.54) is 0 Å². The minimum Gasteiger partial charge on any atom is -0.316 e. The van der Waals surface area contributed by atoms with Gasteiger partial charge in [0, 0.05) is 19.6 Å². The van der Waals surface area contributed by atoms with Gasteiger partial charge in [0.25, 0.3) is 0 Å². The highest BCUT2D eigenvalue weighted by Gasteiger charge is 2.30. The Labute approximate surface area is 125 Å². The highest BCUT2D eigenvalue weighted by atomic mass is 32.2.